The molecule has 2 saturated heterocycles. The number of amides is 4. The van der Waals surface area contributed by atoms with Crippen LogP contribution in [-0.2, 0) is 19.1 Å². The van der Waals surface area contributed by atoms with Crippen LogP contribution in [0.5, 0.6) is 0 Å². The molecule has 0 radical (unpaired) electrons. The van der Waals surface area contributed by atoms with Gasteiger partial charge in [-0.25, -0.2) is 19.6 Å². The number of hydrogen-bond donors (Lipinski definition) is 4. The van der Waals surface area contributed by atoms with Crippen molar-refractivity contribution in [3.05, 3.63) is 143 Å². The second-order valence-electron chi connectivity index (χ2n) is 16.9. The molecule has 0 bridgehead atoms. The van der Waals surface area contributed by atoms with Gasteiger partial charge in [-0.3, -0.25) is 9.59 Å². The molecule has 4 fully saturated rings. The van der Waals surface area contributed by atoms with E-state index in [1.165, 1.54) is 0 Å². The van der Waals surface area contributed by atoms with Gasteiger partial charge in [0.25, 0.3) is 11.8 Å². The Morgan fingerprint density at radius 2 is 1.02 bits per heavy atom. The number of rotatable bonds is 11. The predicted molar refractivity (Wildman–Crippen MR) is 228 cm³/mol. The first-order chi connectivity index (χ1) is 30.0. The van der Waals surface area contributed by atoms with E-state index in [1.54, 1.807) is 54.7 Å². The third-order valence-electron chi connectivity index (χ3n) is 13.2. The molecule has 314 valence electrons. The van der Waals surface area contributed by atoms with Gasteiger partial charge in [-0.1, -0.05) is 97.1 Å². The maximum absolute atomic E-state index is 14.1. The summed E-state index contributed by atoms with van der Waals surface area (Å²) in [6.45, 7) is 4.22. The third-order valence-corrected chi connectivity index (χ3v) is 13.2. The van der Waals surface area contributed by atoms with Crippen LogP contribution in [0.1, 0.15) is 83.9 Å². The topological polar surface area (TPSA) is 203 Å². The van der Waals surface area contributed by atoms with Crippen LogP contribution < -0.4 is 11.5 Å². The van der Waals surface area contributed by atoms with Gasteiger partial charge in [0.1, 0.15) is 11.6 Å². The molecule has 8 atom stereocenters. The first kappa shape index (κ1) is 38.9. The van der Waals surface area contributed by atoms with Gasteiger partial charge in [0.05, 0.1) is 35.9 Å². The molecule has 6 N–H and O–H groups in total. The van der Waals surface area contributed by atoms with E-state index in [1.807, 2.05) is 28.1 Å². The highest BCUT2D eigenvalue weighted by Crippen LogP contribution is 2.55. The minimum Gasteiger partial charge on any atom is -0.431 e. The molecule has 4 aliphatic rings. The van der Waals surface area contributed by atoms with E-state index >= 15 is 0 Å². The largest absolute Gasteiger partial charge is 0.431 e. The minimum absolute atomic E-state index is 0.0666. The van der Waals surface area contributed by atoms with E-state index < -0.39 is 24.4 Å². The number of piperidine rings is 2. The van der Waals surface area contributed by atoms with Crippen LogP contribution >= 0.6 is 0 Å². The van der Waals surface area contributed by atoms with Gasteiger partial charge in [-0.2, -0.15) is 0 Å². The number of nitrogens with zero attached hydrogens (tertiary/aromatic N) is 4. The molecule has 14 heteroatoms. The lowest BCUT2D eigenvalue weighted by atomic mass is 9.92. The average molecular weight is 831 g/mol. The molecular formula is C48H46N8O6. The summed E-state index contributed by atoms with van der Waals surface area (Å²) in [4.78, 5) is 72.0. The Morgan fingerprint density at radius 1 is 0.581 bits per heavy atom. The fraction of sp³-hybridized carbons (Fsp3) is 0.292. The van der Waals surface area contributed by atoms with Crippen LogP contribution in [0, 0.1) is 25.7 Å². The van der Waals surface area contributed by atoms with Gasteiger partial charge < -0.3 is 40.7 Å². The van der Waals surface area contributed by atoms with Gasteiger partial charge in [-0.15, -0.1) is 0 Å². The van der Waals surface area contributed by atoms with Crippen LogP contribution in [0.25, 0.3) is 33.6 Å². The number of primary amides is 2. The highest BCUT2D eigenvalue weighted by molar-refractivity contribution is 5.87. The van der Waals surface area contributed by atoms with E-state index in [2.05, 4.69) is 60.2 Å². The number of carbonyl (C=O) groups excluding carboxylic acids is 4. The molecular weight excluding hydrogens is 785 g/mol. The number of likely N-dealkylation sites (tertiary alicyclic amines) is 2. The molecule has 2 aliphatic heterocycles. The quantitative estimate of drug-likeness (QED) is 0.101. The van der Waals surface area contributed by atoms with E-state index in [4.69, 9.17) is 30.9 Å². The molecule has 2 aromatic heterocycles. The van der Waals surface area contributed by atoms with Crippen LogP contribution in [0.2, 0.25) is 0 Å². The summed E-state index contributed by atoms with van der Waals surface area (Å²) in [7, 11) is 0. The van der Waals surface area contributed by atoms with Crippen LogP contribution in [0.3, 0.4) is 0 Å². The van der Waals surface area contributed by atoms with Crippen molar-refractivity contribution >= 4 is 24.0 Å². The van der Waals surface area contributed by atoms with E-state index in [0.717, 1.165) is 70.5 Å². The monoisotopic (exact) mass is 830 g/mol. The molecule has 62 heavy (non-hydrogen) atoms. The van der Waals surface area contributed by atoms with Crippen molar-refractivity contribution in [3.63, 3.8) is 0 Å². The van der Waals surface area contributed by atoms with Crippen molar-refractivity contribution < 1.29 is 28.7 Å². The summed E-state index contributed by atoms with van der Waals surface area (Å²) in [5.41, 5.74) is 20.0. The van der Waals surface area contributed by atoms with Crippen molar-refractivity contribution in [2.75, 3.05) is 0 Å². The third kappa shape index (κ3) is 7.04. The van der Waals surface area contributed by atoms with E-state index in [9.17, 15) is 19.2 Å². The average Bonchev–Trinajstić information content (AvgIpc) is 3.86. The molecule has 2 aliphatic carbocycles. The zero-order valence-corrected chi connectivity index (χ0v) is 34.2. The Hall–Kier alpha value is -7.22. The fourth-order valence-corrected chi connectivity index (χ4v) is 9.87. The maximum Gasteiger partial charge on any atom is 0.405 e. The summed E-state index contributed by atoms with van der Waals surface area (Å²) in [5, 5.41) is 0. The molecule has 10 rings (SSSR count). The zero-order valence-electron chi connectivity index (χ0n) is 34.2. The lowest BCUT2D eigenvalue weighted by Gasteiger charge is -2.30. The number of benzene rings is 4. The summed E-state index contributed by atoms with van der Waals surface area (Å²) in [6.07, 6.45) is 2.73. The number of fused-ring (bicyclic) bond motifs is 2. The zero-order chi connectivity index (χ0) is 42.8. The van der Waals surface area contributed by atoms with Crippen LogP contribution in [0.15, 0.2) is 109 Å². The Kier molecular flexibility index (Phi) is 9.65. The summed E-state index contributed by atoms with van der Waals surface area (Å²) in [6, 6.07) is 30.0. The lowest BCUT2D eigenvalue weighted by Crippen LogP contribution is -2.39. The van der Waals surface area contributed by atoms with Crippen LogP contribution in [0.4, 0.5) is 9.59 Å². The van der Waals surface area contributed by atoms with Gasteiger partial charge in [0, 0.05) is 28.8 Å². The molecule has 2 saturated carbocycles. The second-order valence-corrected chi connectivity index (χ2v) is 16.9. The van der Waals surface area contributed by atoms with Gasteiger partial charge >= 0.3 is 12.2 Å². The normalized spacial score (nSPS) is 22.9. The number of ether oxygens (including phenoxy) is 2. The standard InChI is InChI=1S/C48H46N8O6/c1-25-26(2)34(36-24-52-44(54-36)40-22-32-20-38(32)56(40)46(58)42(62-48(50)60)30-11-7-4-8-12-30)18-17-33(25)27-13-15-28(16-14-27)35-23-51-43(53-35)39-21-31-19-37(31)55(39)45(57)41(61-47(49)59)29-9-5-3-6-10-29/h3-18,23-24,31-32,37-42H,19-22H2,1-2H3,(H2,49,59)(H2,50,60)(H,51,53)(H,52,54)/t31-,32-,37?,38?,39-,40-,41-,42-/m0/s1. The van der Waals surface area contributed by atoms with Crippen molar-refractivity contribution in [1.82, 2.24) is 29.7 Å². The Bertz CT molecular complexity index is 2700. The molecule has 4 heterocycles. The summed E-state index contributed by atoms with van der Waals surface area (Å²) in [5.74, 6) is 1.54. The number of H-pyrrole nitrogens is 2. The highest BCUT2D eigenvalue weighted by Gasteiger charge is 2.57. The highest BCUT2D eigenvalue weighted by atomic mass is 16.6. The number of imidazole rings is 2. The molecule has 6 aromatic rings. The number of carbonyl (C=O) groups is 4. The summed E-state index contributed by atoms with van der Waals surface area (Å²) < 4.78 is 10.8. The van der Waals surface area contributed by atoms with E-state index in [-0.39, 0.29) is 36.0 Å². The van der Waals surface area contributed by atoms with Crippen LogP contribution in [-0.4, -0.2) is 65.8 Å². The fourth-order valence-electron chi connectivity index (χ4n) is 9.87. The van der Waals surface area contributed by atoms with Crippen molar-refractivity contribution in [2.24, 2.45) is 23.3 Å². The molecule has 2 unspecified atom stereocenters. The number of aromatic amines is 2. The van der Waals surface area contributed by atoms with Crippen molar-refractivity contribution in [2.45, 2.75) is 75.9 Å². The van der Waals surface area contributed by atoms with Gasteiger partial charge in [0.2, 0.25) is 12.2 Å². The molecule has 14 nitrogen and oxygen atoms in total. The molecule has 4 aromatic carbocycles. The Morgan fingerprint density at radius 3 is 1.52 bits per heavy atom. The Balaban J connectivity index is 0.849. The smallest absolute Gasteiger partial charge is 0.405 e. The first-order valence-electron chi connectivity index (χ1n) is 21.0. The number of aromatic nitrogens is 4. The lowest BCUT2D eigenvalue weighted by molar-refractivity contribution is -0.143. The second kappa shape index (κ2) is 15.4. The predicted octanol–water partition coefficient (Wildman–Crippen LogP) is 7.75. The molecule has 4 amide bonds. The Labute approximate surface area is 357 Å². The van der Waals surface area contributed by atoms with Gasteiger partial charge in [-0.05, 0) is 79.2 Å². The first-order valence-corrected chi connectivity index (χ1v) is 21.0. The van der Waals surface area contributed by atoms with Gasteiger partial charge in [0.15, 0.2) is 0 Å². The SMILES string of the molecule is Cc1c(-c2ccc(-c3cnc([C@@H]4C[C@@H]5CC5N4C(=O)[C@@H](OC(N)=O)c4ccccc4)[nH]3)cc2)ccc(-c2cnc([C@@H]3C[C@@H]4CC4N3C(=O)[C@@H](OC(N)=O)c3ccccc3)[nH]2)c1C. The minimum atomic E-state index is -1.13. The van der Waals surface area contributed by atoms with Crippen molar-refractivity contribution in [1.29, 1.82) is 0 Å². The van der Waals surface area contributed by atoms with E-state index in [0.29, 0.717) is 34.6 Å². The summed E-state index contributed by atoms with van der Waals surface area (Å²) >= 11 is 0. The maximum atomic E-state index is 14.1. The number of nitrogens with one attached hydrogen (secondary N) is 2. The van der Waals surface area contributed by atoms with Crippen molar-refractivity contribution in [3.8, 4) is 33.6 Å². The number of nitrogens with two attached hydrogens (primary N) is 2. The number of hydrogen-bond acceptors (Lipinski definition) is 8. The molecule has 0 spiro atoms.